The van der Waals surface area contributed by atoms with Crippen LogP contribution in [0.25, 0.3) is 10.9 Å². The van der Waals surface area contributed by atoms with Gasteiger partial charge in [-0.25, -0.2) is 9.97 Å². The molecule has 2 aromatic heterocycles. The molecule has 0 unspecified atom stereocenters. The van der Waals surface area contributed by atoms with E-state index in [9.17, 15) is 14.9 Å². The number of quaternary nitrogens is 1. The van der Waals surface area contributed by atoms with Crippen molar-refractivity contribution >= 4 is 61.4 Å². The number of nitro groups is 1. The van der Waals surface area contributed by atoms with Crippen molar-refractivity contribution in [3.8, 4) is 0 Å². The number of hydrogen-bond acceptors (Lipinski definition) is 8. The number of hydrogen-bond donors (Lipinski definition) is 1. The quantitative estimate of drug-likeness (QED) is 0.128. The van der Waals surface area contributed by atoms with Crippen LogP contribution in [0.4, 0.5) is 11.5 Å². The van der Waals surface area contributed by atoms with Crippen molar-refractivity contribution in [1.29, 1.82) is 0 Å². The van der Waals surface area contributed by atoms with E-state index in [0.29, 0.717) is 52.5 Å². The molecule has 1 N–H and O–H groups in total. The third kappa shape index (κ3) is 7.31. The fraction of sp³-hybridized carbons (Fsp3) is 0.296. The first-order chi connectivity index (χ1) is 18.5. The smallest absolute Gasteiger partial charge is 0.358 e. The van der Waals surface area contributed by atoms with Crippen LogP contribution in [0, 0.1) is 10.1 Å². The van der Waals surface area contributed by atoms with Gasteiger partial charge in [0.1, 0.15) is 24.4 Å². The highest BCUT2D eigenvalue weighted by Gasteiger charge is 2.32. The standard InChI is InChI=1S/C27H28BrClN7O3/c1-4-18-10-17(27(34-18)35(38)39)15-36(2,3)9-5-6-21(37)11-20-12-22-25(14-30-20)31-16-32-26(22)33-19-7-8-24(29)23(28)13-19/h5-8,12-14,16H,4,9-11,15H2,1-3H3,(H,31,32,33)/q+1/b6-5+. The van der Waals surface area contributed by atoms with Crippen LogP contribution < -0.4 is 5.32 Å². The second kappa shape index (κ2) is 12.1. The number of fused-ring (bicyclic) bond motifs is 1. The first kappa shape index (κ1) is 28.5. The minimum Gasteiger partial charge on any atom is -0.358 e. The summed E-state index contributed by atoms with van der Waals surface area (Å²) in [6.07, 6.45) is 7.77. The second-order valence-corrected chi connectivity index (χ2v) is 11.1. The van der Waals surface area contributed by atoms with Gasteiger partial charge in [-0.05, 0) is 62.3 Å². The zero-order valence-electron chi connectivity index (χ0n) is 21.8. The molecule has 0 aliphatic carbocycles. The number of rotatable bonds is 11. The molecule has 202 valence electrons. The molecular formula is C27H28BrClN7O3+. The molecular weight excluding hydrogens is 586 g/mol. The number of carbonyl (C=O) groups excluding carboxylic acids is 1. The third-order valence-electron chi connectivity index (χ3n) is 6.22. The molecule has 3 aromatic rings. The third-order valence-corrected chi connectivity index (χ3v) is 7.43. The van der Waals surface area contributed by atoms with E-state index in [1.54, 1.807) is 24.4 Å². The Kier molecular flexibility index (Phi) is 8.83. The van der Waals surface area contributed by atoms with Gasteiger partial charge in [-0.3, -0.25) is 9.78 Å². The predicted molar refractivity (Wildman–Crippen MR) is 156 cm³/mol. The fourth-order valence-corrected chi connectivity index (χ4v) is 4.79. The molecule has 0 fully saturated rings. The number of aliphatic imine (C=N–C) groups is 1. The number of allylic oxidation sites excluding steroid dienone is 1. The number of halogens is 2. The average molecular weight is 614 g/mol. The summed E-state index contributed by atoms with van der Waals surface area (Å²) in [7, 11) is 3.95. The van der Waals surface area contributed by atoms with Gasteiger partial charge in [0.15, 0.2) is 5.78 Å². The van der Waals surface area contributed by atoms with E-state index in [2.05, 4.69) is 41.2 Å². The van der Waals surface area contributed by atoms with E-state index in [4.69, 9.17) is 11.6 Å². The molecule has 0 radical (unpaired) electrons. The van der Waals surface area contributed by atoms with Crippen LogP contribution in [0.5, 0.6) is 0 Å². The SMILES string of the molecule is CCC1=NC([N+](=O)[O-])=C(C[N+](C)(C)C/C=C/C(=O)Cc2cc3c(Nc4ccc(Cl)c(Br)c4)ncnc3cn2)C1. The van der Waals surface area contributed by atoms with Crippen LogP contribution in [0.2, 0.25) is 5.02 Å². The molecule has 0 bridgehead atoms. The summed E-state index contributed by atoms with van der Waals surface area (Å²) in [5.74, 6) is 0.449. The number of ketones is 1. The van der Waals surface area contributed by atoms with E-state index >= 15 is 0 Å². The van der Waals surface area contributed by atoms with Gasteiger partial charge in [0.2, 0.25) is 0 Å². The Morgan fingerprint density at radius 2 is 2.05 bits per heavy atom. The Labute approximate surface area is 239 Å². The molecule has 10 nitrogen and oxygen atoms in total. The topological polar surface area (TPSA) is 123 Å². The van der Waals surface area contributed by atoms with Crippen LogP contribution in [0.15, 0.2) is 69.8 Å². The number of pyridine rings is 1. The molecule has 1 aliphatic heterocycles. The molecule has 0 saturated heterocycles. The van der Waals surface area contributed by atoms with Gasteiger partial charge >= 0.3 is 5.82 Å². The van der Waals surface area contributed by atoms with E-state index in [1.807, 2.05) is 39.2 Å². The van der Waals surface area contributed by atoms with Crippen LogP contribution in [-0.4, -0.2) is 63.0 Å². The maximum Gasteiger partial charge on any atom is 0.368 e. The molecule has 0 saturated carbocycles. The van der Waals surface area contributed by atoms with Gasteiger partial charge in [-0.1, -0.05) is 18.5 Å². The Hall–Kier alpha value is -3.54. The summed E-state index contributed by atoms with van der Waals surface area (Å²) in [6, 6.07) is 7.28. The first-order valence-electron chi connectivity index (χ1n) is 12.3. The maximum atomic E-state index is 12.7. The van der Waals surface area contributed by atoms with Crippen molar-refractivity contribution in [3.05, 3.63) is 85.6 Å². The molecule has 0 atom stereocenters. The summed E-state index contributed by atoms with van der Waals surface area (Å²) >= 11 is 9.52. The predicted octanol–water partition coefficient (Wildman–Crippen LogP) is 5.67. The van der Waals surface area contributed by atoms with Crippen molar-refractivity contribution < 1.29 is 14.2 Å². The lowest BCUT2D eigenvalue weighted by atomic mass is 10.1. The average Bonchev–Trinajstić information content (AvgIpc) is 3.29. The van der Waals surface area contributed by atoms with E-state index in [-0.39, 0.29) is 18.0 Å². The highest BCUT2D eigenvalue weighted by Crippen LogP contribution is 2.29. The lowest BCUT2D eigenvalue weighted by Crippen LogP contribution is -2.41. The first-order valence-corrected chi connectivity index (χ1v) is 13.5. The highest BCUT2D eigenvalue weighted by atomic mass is 79.9. The summed E-state index contributed by atoms with van der Waals surface area (Å²) in [6.45, 7) is 2.96. The number of aromatic nitrogens is 3. The molecule has 1 aromatic carbocycles. The van der Waals surface area contributed by atoms with Gasteiger partial charge in [-0.15, -0.1) is 0 Å². The molecule has 12 heteroatoms. The molecule has 0 amide bonds. The van der Waals surface area contributed by atoms with Crippen molar-refractivity contribution in [1.82, 2.24) is 15.0 Å². The van der Waals surface area contributed by atoms with E-state index in [1.165, 1.54) is 6.33 Å². The molecule has 0 spiro atoms. The zero-order valence-corrected chi connectivity index (χ0v) is 24.2. The largest absolute Gasteiger partial charge is 0.368 e. The summed E-state index contributed by atoms with van der Waals surface area (Å²) < 4.78 is 1.22. The van der Waals surface area contributed by atoms with E-state index < -0.39 is 4.92 Å². The van der Waals surface area contributed by atoms with Crippen molar-refractivity contribution in [2.24, 2.45) is 4.99 Å². The van der Waals surface area contributed by atoms with Crippen molar-refractivity contribution in [2.75, 3.05) is 32.5 Å². The van der Waals surface area contributed by atoms with Crippen LogP contribution in [-0.2, 0) is 11.2 Å². The Bertz CT molecular complexity index is 1540. The molecule has 4 rings (SSSR count). The zero-order chi connectivity index (χ0) is 28.2. The van der Waals surface area contributed by atoms with Crippen molar-refractivity contribution in [2.45, 2.75) is 26.2 Å². The number of nitrogens with zero attached hydrogens (tertiary/aromatic N) is 6. The number of benzene rings is 1. The normalized spacial score (nSPS) is 13.8. The Morgan fingerprint density at radius 1 is 1.26 bits per heavy atom. The number of carbonyl (C=O) groups is 1. The van der Waals surface area contributed by atoms with Gasteiger partial charge in [0.25, 0.3) is 0 Å². The van der Waals surface area contributed by atoms with Crippen LogP contribution >= 0.6 is 27.5 Å². The monoisotopic (exact) mass is 612 g/mol. The van der Waals surface area contributed by atoms with Crippen LogP contribution in [0.1, 0.15) is 25.5 Å². The maximum absolute atomic E-state index is 12.7. The molecule has 1 aliphatic rings. The van der Waals surface area contributed by atoms with Gasteiger partial charge in [-0.2, -0.15) is 0 Å². The van der Waals surface area contributed by atoms with Gasteiger partial charge < -0.3 is 19.9 Å². The molecule has 39 heavy (non-hydrogen) atoms. The van der Waals surface area contributed by atoms with Crippen molar-refractivity contribution in [3.63, 3.8) is 0 Å². The van der Waals surface area contributed by atoms with Crippen LogP contribution in [0.3, 0.4) is 0 Å². The summed E-state index contributed by atoms with van der Waals surface area (Å²) in [5, 5.41) is 16.0. The highest BCUT2D eigenvalue weighted by molar-refractivity contribution is 9.10. The lowest BCUT2D eigenvalue weighted by molar-refractivity contribution is -0.880. The lowest BCUT2D eigenvalue weighted by Gasteiger charge is -2.28. The van der Waals surface area contributed by atoms with Gasteiger partial charge in [0, 0.05) is 34.1 Å². The summed E-state index contributed by atoms with van der Waals surface area (Å²) in [5.41, 5.74) is 3.59. The number of likely N-dealkylation sites (N-methyl/N-ethyl adjacent to an activating group) is 1. The van der Waals surface area contributed by atoms with E-state index in [0.717, 1.165) is 26.8 Å². The Morgan fingerprint density at radius 3 is 2.77 bits per heavy atom. The minimum atomic E-state index is -0.408. The van der Waals surface area contributed by atoms with Gasteiger partial charge in [0.05, 0.1) is 49.4 Å². The Balaban J connectivity index is 1.41. The minimum absolute atomic E-state index is 0.0398. The number of nitrogens with one attached hydrogen (secondary N) is 1. The summed E-state index contributed by atoms with van der Waals surface area (Å²) in [4.78, 5) is 41.0. The number of anilines is 2. The second-order valence-electron chi connectivity index (χ2n) is 9.88. The molecule has 3 heterocycles. The fourth-order valence-electron chi connectivity index (χ4n) is 4.29.